The first-order chi connectivity index (χ1) is 7.29. The maximum atomic E-state index is 11.9. The van der Waals surface area contributed by atoms with E-state index in [1.54, 1.807) is 0 Å². The van der Waals surface area contributed by atoms with Crippen LogP contribution >= 0.6 is 0 Å². The summed E-state index contributed by atoms with van der Waals surface area (Å²) in [6.07, 6.45) is -6.36. The Morgan fingerprint density at radius 3 is 2.44 bits per heavy atom. The number of carbonyl (C=O) groups is 1. The van der Waals surface area contributed by atoms with Crippen LogP contribution in [0.3, 0.4) is 0 Å². The van der Waals surface area contributed by atoms with Crippen molar-refractivity contribution >= 4 is 5.91 Å². The molecule has 96 valence electrons. The number of halogens is 3. The Hall–Kier alpha value is -0.820. The van der Waals surface area contributed by atoms with Gasteiger partial charge in [0, 0.05) is 13.1 Å². The van der Waals surface area contributed by atoms with Gasteiger partial charge in [0.05, 0.1) is 6.04 Å². The summed E-state index contributed by atoms with van der Waals surface area (Å²) in [5.41, 5.74) is 0. The Morgan fingerprint density at radius 2 is 2.00 bits per heavy atom. The van der Waals surface area contributed by atoms with Crippen LogP contribution in [-0.2, 0) is 4.79 Å². The normalized spacial score (nSPS) is 15.6. The molecule has 4 nitrogen and oxygen atoms in total. The van der Waals surface area contributed by atoms with Gasteiger partial charge in [-0.15, -0.1) is 0 Å². The second-order valence-electron chi connectivity index (χ2n) is 3.48. The van der Waals surface area contributed by atoms with Crippen molar-refractivity contribution in [3.8, 4) is 0 Å². The van der Waals surface area contributed by atoms with Gasteiger partial charge in [-0.3, -0.25) is 4.79 Å². The van der Waals surface area contributed by atoms with Crippen LogP contribution in [0.15, 0.2) is 0 Å². The van der Waals surface area contributed by atoms with Crippen molar-refractivity contribution in [2.75, 3.05) is 13.1 Å². The highest BCUT2D eigenvalue weighted by Gasteiger charge is 2.38. The smallest absolute Gasteiger partial charge is 0.382 e. The van der Waals surface area contributed by atoms with Gasteiger partial charge >= 0.3 is 6.18 Å². The molecule has 0 aromatic carbocycles. The van der Waals surface area contributed by atoms with E-state index in [4.69, 9.17) is 5.11 Å². The summed E-state index contributed by atoms with van der Waals surface area (Å²) >= 11 is 0. The molecule has 0 rings (SSSR count). The van der Waals surface area contributed by atoms with E-state index in [1.165, 1.54) is 6.92 Å². The first-order valence-corrected chi connectivity index (χ1v) is 5.05. The summed E-state index contributed by atoms with van der Waals surface area (Å²) in [7, 11) is 0. The Bertz CT molecular complexity index is 221. The van der Waals surface area contributed by atoms with Gasteiger partial charge in [0.1, 0.15) is 0 Å². The summed E-state index contributed by atoms with van der Waals surface area (Å²) in [6, 6.07) is -0.761. The van der Waals surface area contributed by atoms with Crippen LogP contribution in [0.1, 0.15) is 20.3 Å². The van der Waals surface area contributed by atoms with Gasteiger partial charge < -0.3 is 15.7 Å². The van der Waals surface area contributed by atoms with Crippen LogP contribution in [0.5, 0.6) is 0 Å². The van der Waals surface area contributed by atoms with Gasteiger partial charge in [-0.1, -0.05) is 6.92 Å². The zero-order valence-corrected chi connectivity index (χ0v) is 9.27. The van der Waals surface area contributed by atoms with Crippen molar-refractivity contribution in [3.05, 3.63) is 0 Å². The molecule has 2 atom stereocenters. The number of alkyl halides is 3. The fourth-order valence-electron chi connectivity index (χ4n) is 0.898. The first-order valence-electron chi connectivity index (χ1n) is 5.05. The highest BCUT2D eigenvalue weighted by atomic mass is 19.4. The van der Waals surface area contributed by atoms with Crippen LogP contribution < -0.4 is 10.6 Å². The third kappa shape index (κ3) is 5.92. The number of hydrogen-bond donors (Lipinski definition) is 3. The minimum Gasteiger partial charge on any atom is -0.382 e. The lowest BCUT2D eigenvalue weighted by Crippen LogP contribution is -2.47. The number of nitrogens with one attached hydrogen (secondary N) is 2. The van der Waals surface area contributed by atoms with Crippen molar-refractivity contribution in [2.24, 2.45) is 0 Å². The molecule has 7 heteroatoms. The summed E-state index contributed by atoms with van der Waals surface area (Å²) in [5.74, 6) is -0.378. The van der Waals surface area contributed by atoms with Gasteiger partial charge in [0.25, 0.3) is 0 Å². The van der Waals surface area contributed by atoms with Gasteiger partial charge in [0.2, 0.25) is 5.91 Å². The van der Waals surface area contributed by atoms with Gasteiger partial charge in [-0.05, 0) is 13.3 Å². The zero-order chi connectivity index (χ0) is 12.8. The number of aliphatic hydroxyl groups is 1. The molecule has 0 aliphatic heterocycles. The lowest BCUT2D eigenvalue weighted by Gasteiger charge is -2.18. The third-order valence-corrected chi connectivity index (χ3v) is 1.94. The van der Waals surface area contributed by atoms with Crippen LogP contribution in [0, 0.1) is 0 Å². The SMILES string of the molecule is CCCNC(=O)C(C)NCC(O)C(F)(F)F. The minimum absolute atomic E-state index is 0.378. The molecular formula is C9H17F3N2O2. The molecule has 0 radical (unpaired) electrons. The highest BCUT2D eigenvalue weighted by molar-refractivity contribution is 5.81. The van der Waals surface area contributed by atoms with Gasteiger partial charge in [-0.2, -0.15) is 13.2 Å². The van der Waals surface area contributed by atoms with E-state index in [2.05, 4.69) is 10.6 Å². The van der Waals surface area contributed by atoms with Gasteiger partial charge in [0.15, 0.2) is 6.10 Å². The molecule has 0 spiro atoms. The molecule has 3 N–H and O–H groups in total. The minimum atomic E-state index is -4.66. The maximum absolute atomic E-state index is 11.9. The molecule has 1 amide bonds. The molecule has 0 aliphatic carbocycles. The fraction of sp³-hybridized carbons (Fsp3) is 0.889. The summed E-state index contributed by atoms with van der Waals surface area (Å²) in [4.78, 5) is 11.2. The predicted molar refractivity (Wildman–Crippen MR) is 52.8 cm³/mol. The van der Waals surface area contributed by atoms with Crippen molar-refractivity contribution in [2.45, 2.75) is 38.6 Å². The standard InChI is InChI=1S/C9H17F3N2O2/c1-3-4-13-8(16)6(2)14-5-7(15)9(10,11)12/h6-7,14-15H,3-5H2,1-2H3,(H,13,16). The van der Waals surface area contributed by atoms with Crippen LogP contribution in [0.4, 0.5) is 13.2 Å². The largest absolute Gasteiger partial charge is 0.415 e. The average molecular weight is 242 g/mol. The summed E-state index contributed by atoms with van der Waals surface area (Å²) in [6.45, 7) is 3.09. The molecule has 2 unspecified atom stereocenters. The van der Waals surface area contributed by atoms with Crippen LogP contribution in [0.25, 0.3) is 0 Å². The number of hydrogen-bond acceptors (Lipinski definition) is 3. The molecule has 0 saturated carbocycles. The van der Waals surface area contributed by atoms with Gasteiger partial charge in [-0.25, -0.2) is 0 Å². The van der Waals surface area contributed by atoms with E-state index < -0.39 is 24.9 Å². The third-order valence-electron chi connectivity index (χ3n) is 1.94. The Morgan fingerprint density at radius 1 is 1.44 bits per heavy atom. The second kappa shape index (κ2) is 6.70. The number of rotatable bonds is 6. The number of amides is 1. The van der Waals surface area contributed by atoms with Crippen molar-refractivity contribution in [1.29, 1.82) is 0 Å². The maximum Gasteiger partial charge on any atom is 0.415 e. The summed E-state index contributed by atoms with van der Waals surface area (Å²) in [5, 5.41) is 13.5. The zero-order valence-electron chi connectivity index (χ0n) is 9.27. The van der Waals surface area contributed by atoms with E-state index in [-0.39, 0.29) is 5.91 Å². The highest BCUT2D eigenvalue weighted by Crippen LogP contribution is 2.19. The van der Waals surface area contributed by atoms with E-state index in [1.807, 2.05) is 6.92 Å². The average Bonchev–Trinajstić information content (AvgIpc) is 2.20. The molecule has 0 aliphatic rings. The molecule has 0 aromatic heterocycles. The van der Waals surface area contributed by atoms with E-state index in [0.717, 1.165) is 6.42 Å². The number of carbonyl (C=O) groups excluding carboxylic acids is 1. The Balaban J connectivity index is 3.88. The second-order valence-corrected chi connectivity index (χ2v) is 3.48. The lowest BCUT2D eigenvalue weighted by atomic mass is 10.2. The summed E-state index contributed by atoms with van der Waals surface area (Å²) < 4.78 is 35.7. The molecule has 0 aromatic rings. The molecule has 0 saturated heterocycles. The topological polar surface area (TPSA) is 61.4 Å². The van der Waals surface area contributed by atoms with Crippen molar-refractivity contribution in [3.63, 3.8) is 0 Å². The Labute approximate surface area is 92.2 Å². The molecule has 16 heavy (non-hydrogen) atoms. The quantitative estimate of drug-likeness (QED) is 0.632. The van der Waals surface area contributed by atoms with E-state index in [9.17, 15) is 18.0 Å². The van der Waals surface area contributed by atoms with Crippen molar-refractivity contribution < 1.29 is 23.1 Å². The van der Waals surface area contributed by atoms with E-state index >= 15 is 0 Å². The molecule has 0 fully saturated rings. The lowest BCUT2D eigenvalue weighted by molar-refractivity contribution is -0.202. The predicted octanol–water partition coefficient (Wildman–Crippen LogP) is 0.414. The van der Waals surface area contributed by atoms with Crippen LogP contribution in [0.2, 0.25) is 0 Å². The first kappa shape index (κ1) is 15.2. The van der Waals surface area contributed by atoms with Crippen molar-refractivity contribution in [1.82, 2.24) is 10.6 Å². The molecular weight excluding hydrogens is 225 g/mol. The number of aliphatic hydroxyl groups excluding tert-OH is 1. The fourth-order valence-corrected chi connectivity index (χ4v) is 0.898. The Kier molecular flexibility index (Phi) is 6.35. The molecule has 0 bridgehead atoms. The molecule has 0 heterocycles. The van der Waals surface area contributed by atoms with E-state index in [0.29, 0.717) is 6.54 Å². The monoisotopic (exact) mass is 242 g/mol. The van der Waals surface area contributed by atoms with Crippen LogP contribution in [-0.4, -0.2) is 42.4 Å².